The topological polar surface area (TPSA) is 102 Å². The van der Waals surface area contributed by atoms with E-state index in [4.69, 9.17) is 0 Å². The predicted octanol–water partition coefficient (Wildman–Crippen LogP) is 6.13. The van der Waals surface area contributed by atoms with Gasteiger partial charge in [-0.05, 0) is 43.2 Å². The number of azo groups is 1. The van der Waals surface area contributed by atoms with Gasteiger partial charge >= 0.3 is 0 Å². The molecule has 1 N–H and O–H groups in total. The van der Waals surface area contributed by atoms with Gasteiger partial charge in [0.05, 0.1) is 17.2 Å². The van der Waals surface area contributed by atoms with Crippen LogP contribution in [-0.4, -0.2) is 25.1 Å². The van der Waals surface area contributed by atoms with Gasteiger partial charge in [0.25, 0.3) is 11.5 Å². The Morgan fingerprint density at radius 3 is 2.92 bits per heavy atom. The van der Waals surface area contributed by atoms with E-state index in [1.165, 1.54) is 15.8 Å². The molecule has 1 aliphatic rings. The van der Waals surface area contributed by atoms with Crippen molar-refractivity contribution in [1.82, 2.24) is 14.1 Å². The second-order valence-electron chi connectivity index (χ2n) is 9.70. The lowest BCUT2D eigenvalue weighted by molar-refractivity contribution is -0.118. The number of benzene rings is 1. The Morgan fingerprint density at radius 1 is 1.25 bits per heavy atom. The number of aromatic hydroxyl groups is 1. The first kappa shape index (κ1) is 24.4. The van der Waals surface area contributed by atoms with Crippen molar-refractivity contribution in [3.05, 3.63) is 51.4 Å². The molecule has 5 rings (SSSR count). The summed E-state index contributed by atoms with van der Waals surface area (Å²) in [6.07, 6.45) is 8.62. The van der Waals surface area contributed by atoms with E-state index in [1.54, 1.807) is 11.3 Å². The van der Waals surface area contributed by atoms with Gasteiger partial charge in [-0.3, -0.25) is 14.2 Å². The summed E-state index contributed by atoms with van der Waals surface area (Å²) in [5.41, 5.74) is 2.01. The van der Waals surface area contributed by atoms with E-state index in [0.717, 1.165) is 66.2 Å². The van der Waals surface area contributed by atoms with Gasteiger partial charge in [0, 0.05) is 16.8 Å². The van der Waals surface area contributed by atoms with Crippen molar-refractivity contribution < 1.29 is 9.90 Å². The molecule has 188 valence electrons. The van der Waals surface area contributed by atoms with Crippen LogP contribution >= 0.6 is 11.3 Å². The zero-order valence-corrected chi connectivity index (χ0v) is 21.6. The Kier molecular flexibility index (Phi) is 7.00. The van der Waals surface area contributed by atoms with Crippen LogP contribution in [0.5, 0.6) is 5.88 Å². The minimum Gasteiger partial charge on any atom is -0.493 e. The fraction of sp³-hybridized carbons (Fsp3) is 0.444. The molecule has 8 nitrogen and oxygen atoms in total. The van der Waals surface area contributed by atoms with Gasteiger partial charge in [-0.1, -0.05) is 51.3 Å². The molecule has 0 fully saturated rings. The van der Waals surface area contributed by atoms with Crippen molar-refractivity contribution in [1.29, 1.82) is 0 Å². The number of fused-ring (bicyclic) bond motifs is 4. The summed E-state index contributed by atoms with van der Waals surface area (Å²) in [4.78, 5) is 32.3. The summed E-state index contributed by atoms with van der Waals surface area (Å²) >= 11 is 1.58. The molecule has 0 saturated carbocycles. The highest BCUT2D eigenvalue weighted by molar-refractivity contribution is 7.18. The molecule has 1 atom stereocenters. The summed E-state index contributed by atoms with van der Waals surface area (Å²) in [6, 6.07) is 7.57. The number of aromatic nitrogens is 3. The van der Waals surface area contributed by atoms with Gasteiger partial charge in [0.2, 0.25) is 5.88 Å². The van der Waals surface area contributed by atoms with Crippen LogP contribution in [0.25, 0.3) is 21.1 Å². The standard InChI is InChI=1S/C27H31N5O3S/c1-3-4-5-8-13-32-20-10-7-6-9-18(20)24(27(32)35)30-29-22(33)15-31-16-28-25-23(26(31)34)19-12-11-17(2)14-21(19)36-25/h6-7,9-10,16-17,35H,3-5,8,11-15H2,1-2H3/t17-/m1/s1. The van der Waals surface area contributed by atoms with Gasteiger partial charge in [0.15, 0.2) is 5.69 Å². The number of amides is 1. The summed E-state index contributed by atoms with van der Waals surface area (Å²) in [5.74, 6) is 0.0345. The number of nitrogens with zero attached hydrogens (tertiary/aromatic N) is 5. The van der Waals surface area contributed by atoms with E-state index in [-0.39, 0.29) is 23.7 Å². The van der Waals surface area contributed by atoms with Crippen LogP contribution in [0.15, 0.2) is 45.6 Å². The Balaban J connectivity index is 1.38. The molecule has 9 heteroatoms. The maximum Gasteiger partial charge on any atom is 0.284 e. The number of rotatable bonds is 8. The molecule has 3 heterocycles. The number of thiophene rings is 1. The lowest BCUT2D eigenvalue weighted by Gasteiger charge is -2.17. The molecule has 1 aliphatic carbocycles. The minimum atomic E-state index is -0.574. The quantitative estimate of drug-likeness (QED) is 0.230. The van der Waals surface area contributed by atoms with Gasteiger partial charge in [-0.15, -0.1) is 21.6 Å². The van der Waals surface area contributed by atoms with Crippen molar-refractivity contribution in [3.8, 4) is 5.88 Å². The average molecular weight is 506 g/mol. The number of unbranched alkanes of at least 4 members (excludes halogenated alkanes) is 3. The van der Waals surface area contributed by atoms with Crippen molar-refractivity contribution in [2.75, 3.05) is 0 Å². The molecule has 0 saturated heterocycles. The van der Waals surface area contributed by atoms with E-state index < -0.39 is 5.91 Å². The molecule has 3 aromatic heterocycles. The number of hydrogen-bond donors (Lipinski definition) is 1. The molecule has 1 amide bonds. The van der Waals surface area contributed by atoms with Gasteiger partial charge in [0.1, 0.15) is 11.4 Å². The van der Waals surface area contributed by atoms with Gasteiger partial charge in [-0.25, -0.2) is 4.98 Å². The summed E-state index contributed by atoms with van der Waals surface area (Å²) in [5, 5.41) is 20.2. The van der Waals surface area contributed by atoms with E-state index in [1.807, 2.05) is 28.8 Å². The first-order chi connectivity index (χ1) is 17.5. The predicted molar refractivity (Wildman–Crippen MR) is 142 cm³/mol. The molecule has 0 bridgehead atoms. The number of carbonyl (C=O) groups is 1. The summed E-state index contributed by atoms with van der Waals surface area (Å²) in [6.45, 7) is 4.81. The van der Waals surface area contributed by atoms with Crippen LogP contribution in [0.1, 0.15) is 56.4 Å². The van der Waals surface area contributed by atoms with Crippen LogP contribution in [0.2, 0.25) is 0 Å². The van der Waals surface area contributed by atoms with Crippen molar-refractivity contribution in [2.45, 2.75) is 71.9 Å². The smallest absolute Gasteiger partial charge is 0.284 e. The summed E-state index contributed by atoms with van der Waals surface area (Å²) < 4.78 is 3.14. The van der Waals surface area contributed by atoms with Crippen LogP contribution in [0, 0.1) is 5.92 Å². The number of hydrogen-bond acceptors (Lipinski definition) is 6. The maximum absolute atomic E-state index is 13.2. The molecule has 36 heavy (non-hydrogen) atoms. The fourth-order valence-corrected chi connectivity index (χ4v) is 6.40. The number of para-hydroxylation sites is 1. The average Bonchev–Trinajstić information content (AvgIpc) is 3.37. The van der Waals surface area contributed by atoms with Gasteiger partial charge < -0.3 is 9.67 Å². The molecule has 4 aromatic rings. The molecule has 0 radical (unpaired) electrons. The molecular weight excluding hydrogens is 474 g/mol. The van der Waals surface area contributed by atoms with E-state index >= 15 is 0 Å². The van der Waals surface area contributed by atoms with Crippen LogP contribution in [0.4, 0.5) is 5.69 Å². The van der Waals surface area contributed by atoms with E-state index in [2.05, 4.69) is 29.1 Å². The molecule has 0 aliphatic heterocycles. The second kappa shape index (κ2) is 10.3. The van der Waals surface area contributed by atoms with E-state index in [9.17, 15) is 14.7 Å². The van der Waals surface area contributed by atoms with Crippen LogP contribution in [-0.2, 0) is 30.7 Å². The maximum atomic E-state index is 13.2. The Bertz CT molecular complexity index is 1510. The first-order valence-corrected chi connectivity index (χ1v) is 13.5. The second-order valence-corrected chi connectivity index (χ2v) is 10.8. The van der Waals surface area contributed by atoms with Crippen LogP contribution in [0.3, 0.4) is 0 Å². The molecule has 0 spiro atoms. The van der Waals surface area contributed by atoms with Crippen molar-refractivity contribution >= 4 is 44.1 Å². The summed E-state index contributed by atoms with van der Waals surface area (Å²) in [7, 11) is 0. The lowest BCUT2D eigenvalue weighted by Crippen LogP contribution is -2.24. The third-order valence-corrected chi connectivity index (χ3v) is 8.16. The van der Waals surface area contributed by atoms with Crippen molar-refractivity contribution in [3.63, 3.8) is 0 Å². The number of aryl methyl sites for hydroxylation is 2. The van der Waals surface area contributed by atoms with E-state index in [0.29, 0.717) is 17.8 Å². The largest absolute Gasteiger partial charge is 0.493 e. The lowest BCUT2D eigenvalue weighted by atomic mass is 9.89. The van der Waals surface area contributed by atoms with Crippen molar-refractivity contribution in [2.24, 2.45) is 16.1 Å². The fourth-order valence-electron chi connectivity index (χ4n) is 5.06. The Hall–Kier alpha value is -3.33. The third kappa shape index (κ3) is 4.59. The zero-order chi connectivity index (χ0) is 25.2. The van der Waals surface area contributed by atoms with Crippen LogP contribution < -0.4 is 5.56 Å². The zero-order valence-electron chi connectivity index (χ0n) is 20.7. The third-order valence-electron chi connectivity index (χ3n) is 7.00. The SMILES string of the molecule is CCCCCCn1c(O)c(N=NC(=O)Cn2cnc3sc4c(c3c2=O)CC[C@@H](C)C4)c2ccccc21. The molecule has 0 unspecified atom stereocenters. The highest BCUT2D eigenvalue weighted by Crippen LogP contribution is 2.39. The highest BCUT2D eigenvalue weighted by Gasteiger charge is 2.23. The normalized spacial score (nSPS) is 15.8. The minimum absolute atomic E-state index is 0.00336. The molecule has 1 aromatic carbocycles. The first-order valence-electron chi connectivity index (χ1n) is 12.7. The molecular formula is C27H31N5O3S. The Labute approximate surface area is 213 Å². The van der Waals surface area contributed by atoms with Gasteiger partial charge in [-0.2, -0.15) is 0 Å². The Morgan fingerprint density at radius 2 is 2.08 bits per heavy atom. The monoisotopic (exact) mass is 505 g/mol. The number of carbonyl (C=O) groups excluding carboxylic acids is 1. The highest BCUT2D eigenvalue weighted by atomic mass is 32.1.